The van der Waals surface area contributed by atoms with E-state index >= 15 is 0 Å². The summed E-state index contributed by atoms with van der Waals surface area (Å²) in [5.41, 5.74) is 6.17. The highest BCUT2D eigenvalue weighted by atomic mass is 32.2. The summed E-state index contributed by atoms with van der Waals surface area (Å²) in [6, 6.07) is 2.50. The van der Waals surface area contributed by atoms with Crippen molar-refractivity contribution in [1.82, 2.24) is 4.90 Å². The van der Waals surface area contributed by atoms with Gasteiger partial charge in [0.25, 0.3) is 5.12 Å². The molecule has 0 saturated carbocycles. The maximum absolute atomic E-state index is 11.9. The summed E-state index contributed by atoms with van der Waals surface area (Å²) in [5, 5.41) is 8.77. The molecule has 2 aliphatic heterocycles. The molecule has 3 heterocycles. The summed E-state index contributed by atoms with van der Waals surface area (Å²) in [6.07, 6.45) is 1.40. The lowest BCUT2D eigenvalue weighted by molar-refractivity contribution is -0.147. The van der Waals surface area contributed by atoms with Gasteiger partial charge in [-0.25, -0.2) is 4.79 Å². The van der Waals surface area contributed by atoms with Crippen molar-refractivity contribution in [1.29, 1.82) is 0 Å². The molecule has 1 aromatic heterocycles. The standard InChI is InChI=1S/C13H12N2O5S2/c14-8-10(16)15-9(12(17)18)6(4-21-11(8)15)5-22-13(19)7-2-1-3-20-7/h1-3,8,11H,4-5,14H2,(H,17,18)/t8-,11-/m1/s1. The molecule has 3 rings (SSSR count). The number of furan rings is 1. The second-order valence-electron chi connectivity index (χ2n) is 4.75. The van der Waals surface area contributed by atoms with Crippen LogP contribution in [0.2, 0.25) is 0 Å². The molecule has 2 aliphatic rings. The highest BCUT2D eigenvalue weighted by molar-refractivity contribution is 8.14. The van der Waals surface area contributed by atoms with E-state index in [1.54, 1.807) is 12.1 Å². The lowest BCUT2D eigenvalue weighted by atomic mass is 10.0. The van der Waals surface area contributed by atoms with Crippen LogP contribution < -0.4 is 5.73 Å². The molecule has 1 amide bonds. The molecule has 0 spiro atoms. The minimum absolute atomic E-state index is 0.0461. The van der Waals surface area contributed by atoms with E-state index in [9.17, 15) is 19.5 Å². The zero-order valence-electron chi connectivity index (χ0n) is 11.2. The molecular formula is C13H12N2O5S2. The van der Waals surface area contributed by atoms with Crippen molar-refractivity contribution >= 4 is 40.5 Å². The molecular weight excluding hydrogens is 328 g/mol. The Bertz CT molecular complexity index is 670. The highest BCUT2D eigenvalue weighted by Crippen LogP contribution is 2.40. The third-order valence-electron chi connectivity index (χ3n) is 3.39. The van der Waals surface area contributed by atoms with E-state index in [4.69, 9.17) is 10.2 Å². The van der Waals surface area contributed by atoms with Crippen molar-refractivity contribution in [3.63, 3.8) is 0 Å². The highest BCUT2D eigenvalue weighted by Gasteiger charge is 2.51. The van der Waals surface area contributed by atoms with Gasteiger partial charge in [0.1, 0.15) is 17.1 Å². The van der Waals surface area contributed by atoms with E-state index in [1.165, 1.54) is 22.9 Å². The molecule has 1 saturated heterocycles. The molecule has 116 valence electrons. The number of hydrogen-bond acceptors (Lipinski definition) is 7. The minimum Gasteiger partial charge on any atom is -0.477 e. The maximum Gasteiger partial charge on any atom is 0.352 e. The number of carboxylic acids is 1. The van der Waals surface area contributed by atoms with E-state index in [1.807, 2.05) is 0 Å². The molecule has 7 nitrogen and oxygen atoms in total. The fourth-order valence-electron chi connectivity index (χ4n) is 2.31. The van der Waals surface area contributed by atoms with Crippen molar-refractivity contribution in [2.75, 3.05) is 11.5 Å². The zero-order chi connectivity index (χ0) is 15.9. The molecule has 3 N–H and O–H groups in total. The minimum atomic E-state index is -1.17. The predicted molar refractivity (Wildman–Crippen MR) is 81.2 cm³/mol. The van der Waals surface area contributed by atoms with E-state index in [0.29, 0.717) is 11.3 Å². The molecule has 0 unspecified atom stereocenters. The number of carbonyl (C=O) groups excluding carboxylic acids is 2. The van der Waals surface area contributed by atoms with Crippen LogP contribution >= 0.6 is 23.5 Å². The fraction of sp³-hybridized carbons (Fsp3) is 0.308. The Kier molecular flexibility index (Phi) is 4.02. The van der Waals surface area contributed by atoms with Crippen molar-refractivity contribution in [3.05, 3.63) is 35.4 Å². The van der Waals surface area contributed by atoms with Gasteiger partial charge in [-0.3, -0.25) is 14.5 Å². The number of amides is 1. The summed E-state index contributed by atoms with van der Waals surface area (Å²) in [4.78, 5) is 36.4. The molecule has 0 aromatic carbocycles. The number of nitrogens with two attached hydrogens (primary N) is 1. The Balaban J connectivity index is 1.77. The Morgan fingerprint density at radius 3 is 2.95 bits per heavy atom. The largest absolute Gasteiger partial charge is 0.477 e. The van der Waals surface area contributed by atoms with Gasteiger partial charge in [0.05, 0.1) is 6.26 Å². The van der Waals surface area contributed by atoms with Gasteiger partial charge in [-0.2, -0.15) is 0 Å². The molecule has 0 bridgehead atoms. The quantitative estimate of drug-likeness (QED) is 0.771. The van der Waals surface area contributed by atoms with Gasteiger partial charge in [-0.05, 0) is 17.7 Å². The summed E-state index contributed by atoms with van der Waals surface area (Å²) in [6.45, 7) is 0. The normalized spacial score (nSPS) is 24.0. The summed E-state index contributed by atoms with van der Waals surface area (Å²) >= 11 is 2.37. The van der Waals surface area contributed by atoms with Gasteiger partial charge in [-0.1, -0.05) is 11.8 Å². The third-order valence-corrected chi connectivity index (χ3v) is 5.71. The predicted octanol–water partition coefficient (Wildman–Crippen LogP) is 0.734. The Hall–Kier alpha value is -1.71. The molecule has 0 aliphatic carbocycles. The maximum atomic E-state index is 11.9. The number of rotatable bonds is 4. The van der Waals surface area contributed by atoms with Crippen LogP contribution in [0.3, 0.4) is 0 Å². The number of β-lactam (4-membered cyclic amide) rings is 1. The van der Waals surface area contributed by atoms with Crippen LogP contribution in [0, 0.1) is 0 Å². The summed E-state index contributed by atoms with van der Waals surface area (Å²) in [5.74, 6) is -0.728. The van der Waals surface area contributed by atoms with E-state index < -0.39 is 17.9 Å². The number of fused-ring (bicyclic) bond motifs is 1. The zero-order valence-corrected chi connectivity index (χ0v) is 12.9. The van der Waals surface area contributed by atoms with Crippen molar-refractivity contribution in [3.8, 4) is 0 Å². The first-order valence-electron chi connectivity index (χ1n) is 6.37. The average molecular weight is 340 g/mol. The van der Waals surface area contributed by atoms with Gasteiger partial charge < -0.3 is 15.3 Å². The number of thioether (sulfide) groups is 2. The molecule has 1 fully saturated rings. The van der Waals surface area contributed by atoms with Crippen molar-refractivity contribution < 1.29 is 23.9 Å². The lowest BCUT2D eigenvalue weighted by Crippen LogP contribution is -2.68. The third kappa shape index (κ3) is 2.44. The number of hydrogen-bond donors (Lipinski definition) is 2. The molecule has 9 heteroatoms. The first-order valence-corrected chi connectivity index (χ1v) is 8.40. The van der Waals surface area contributed by atoms with Crippen LogP contribution in [-0.2, 0) is 9.59 Å². The van der Waals surface area contributed by atoms with E-state index in [-0.39, 0.29) is 27.7 Å². The molecule has 2 atom stereocenters. The van der Waals surface area contributed by atoms with Crippen LogP contribution in [0.15, 0.2) is 34.1 Å². The Morgan fingerprint density at radius 1 is 1.55 bits per heavy atom. The molecule has 1 aromatic rings. The van der Waals surface area contributed by atoms with Crippen LogP contribution in [0.1, 0.15) is 10.6 Å². The number of carbonyl (C=O) groups is 3. The average Bonchev–Trinajstić information content (AvgIpc) is 3.05. The van der Waals surface area contributed by atoms with Crippen LogP contribution in [0.25, 0.3) is 0 Å². The van der Waals surface area contributed by atoms with Crippen molar-refractivity contribution in [2.24, 2.45) is 5.73 Å². The topological polar surface area (TPSA) is 114 Å². The van der Waals surface area contributed by atoms with E-state index in [2.05, 4.69) is 0 Å². The van der Waals surface area contributed by atoms with E-state index in [0.717, 1.165) is 11.8 Å². The first-order chi connectivity index (χ1) is 10.5. The van der Waals surface area contributed by atoms with Crippen LogP contribution in [0.4, 0.5) is 0 Å². The number of nitrogens with zero attached hydrogens (tertiary/aromatic N) is 1. The Morgan fingerprint density at radius 2 is 2.32 bits per heavy atom. The summed E-state index contributed by atoms with van der Waals surface area (Å²) < 4.78 is 5.00. The summed E-state index contributed by atoms with van der Waals surface area (Å²) in [7, 11) is 0. The smallest absolute Gasteiger partial charge is 0.352 e. The van der Waals surface area contributed by atoms with Gasteiger partial charge in [0.15, 0.2) is 5.76 Å². The second kappa shape index (κ2) is 5.82. The number of carboxylic acid groups (broad SMARTS) is 1. The molecule has 22 heavy (non-hydrogen) atoms. The Labute approximate surface area is 133 Å². The first kappa shape index (κ1) is 15.2. The van der Waals surface area contributed by atoms with Gasteiger partial charge >= 0.3 is 5.97 Å². The number of aliphatic carboxylic acids is 1. The monoisotopic (exact) mass is 340 g/mol. The second-order valence-corrected chi connectivity index (χ2v) is 6.80. The van der Waals surface area contributed by atoms with Gasteiger partial charge in [0, 0.05) is 11.5 Å². The van der Waals surface area contributed by atoms with Crippen molar-refractivity contribution in [2.45, 2.75) is 11.4 Å². The molecule has 0 radical (unpaired) electrons. The fourth-order valence-corrected chi connectivity index (χ4v) is 4.53. The van der Waals surface area contributed by atoms with Crippen LogP contribution in [-0.4, -0.2) is 49.9 Å². The SMILES string of the molecule is N[C@@H]1C(=O)N2C(C(=O)O)=C(CSC(=O)c3ccco3)CS[C@H]12. The van der Waals surface area contributed by atoms with Crippen LogP contribution in [0.5, 0.6) is 0 Å². The van der Waals surface area contributed by atoms with Gasteiger partial charge in [-0.15, -0.1) is 11.8 Å². The van der Waals surface area contributed by atoms with Gasteiger partial charge in [0.2, 0.25) is 5.91 Å². The lowest BCUT2D eigenvalue weighted by Gasteiger charge is -2.48.